The molecule has 0 aliphatic carbocycles. The number of piperidine rings is 1. The Bertz CT molecular complexity index is 246. The summed E-state index contributed by atoms with van der Waals surface area (Å²) in [6.07, 6.45) is 5.79. The monoisotopic (exact) mass is 179 g/mol. The lowest BCUT2D eigenvalue weighted by molar-refractivity contribution is 0.161. The molecule has 0 bridgehead atoms. The standard InChI is InChI=1S/C9H13N3O/c1-4-10-5-2-8(1)13-9-3-6-11-12-7-9/h3,6-8,10H,1-2,4-5H2. The molecule has 0 spiro atoms. The van der Waals surface area contributed by atoms with Gasteiger partial charge < -0.3 is 10.1 Å². The van der Waals surface area contributed by atoms with Crippen molar-refractivity contribution >= 4 is 0 Å². The van der Waals surface area contributed by atoms with Gasteiger partial charge in [0.25, 0.3) is 0 Å². The molecule has 2 heterocycles. The zero-order valence-electron chi connectivity index (χ0n) is 7.44. The number of ether oxygens (including phenoxy) is 1. The van der Waals surface area contributed by atoms with Gasteiger partial charge in [-0.1, -0.05) is 0 Å². The number of hydrogen-bond acceptors (Lipinski definition) is 4. The molecule has 0 aromatic carbocycles. The van der Waals surface area contributed by atoms with E-state index in [-0.39, 0.29) is 0 Å². The van der Waals surface area contributed by atoms with Crippen molar-refractivity contribution in [2.75, 3.05) is 13.1 Å². The molecule has 70 valence electrons. The predicted octanol–water partition coefficient (Wildman–Crippen LogP) is 0.607. The second-order valence-electron chi connectivity index (χ2n) is 3.15. The molecule has 2 rings (SSSR count). The van der Waals surface area contributed by atoms with Crippen LogP contribution in [0.3, 0.4) is 0 Å². The molecule has 0 atom stereocenters. The highest BCUT2D eigenvalue weighted by atomic mass is 16.5. The molecular formula is C9H13N3O. The molecule has 13 heavy (non-hydrogen) atoms. The van der Waals surface area contributed by atoms with Crippen LogP contribution in [0.1, 0.15) is 12.8 Å². The summed E-state index contributed by atoms with van der Waals surface area (Å²) >= 11 is 0. The van der Waals surface area contributed by atoms with E-state index in [2.05, 4.69) is 15.5 Å². The molecule has 4 nitrogen and oxygen atoms in total. The van der Waals surface area contributed by atoms with E-state index in [1.807, 2.05) is 6.07 Å². The van der Waals surface area contributed by atoms with Crippen molar-refractivity contribution in [1.82, 2.24) is 15.5 Å². The van der Waals surface area contributed by atoms with Gasteiger partial charge in [0, 0.05) is 6.07 Å². The minimum Gasteiger partial charge on any atom is -0.489 e. The Morgan fingerprint density at radius 1 is 1.31 bits per heavy atom. The van der Waals surface area contributed by atoms with Crippen molar-refractivity contribution < 1.29 is 4.74 Å². The van der Waals surface area contributed by atoms with Gasteiger partial charge in [0.1, 0.15) is 11.9 Å². The molecule has 1 aromatic heterocycles. The first kappa shape index (κ1) is 8.44. The Labute approximate surface area is 77.3 Å². The molecule has 0 saturated carbocycles. The Morgan fingerprint density at radius 2 is 2.15 bits per heavy atom. The zero-order valence-corrected chi connectivity index (χ0v) is 7.44. The predicted molar refractivity (Wildman–Crippen MR) is 48.6 cm³/mol. The SMILES string of the molecule is c1cc(OC2CCNCC2)cnn1. The first-order chi connectivity index (χ1) is 6.45. The number of aromatic nitrogens is 2. The fourth-order valence-electron chi connectivity index (χ4n) is 1.45. The number of nitrogens with zero attached hydrogens (tertiary/aromatic N) is 2. The lowest BCUT2D eigenvalue weighted by Crippen LogP contribution is -2.34. The summed E-state index contributed by atoms with van der Waals surface area (Å²) in [5.74, 6) is 0.821. The van der Waals surface area contributed by atoms with Crippen molar-refractivity contribution in [3.63, 3.8) is 0 Å². The molecule has 1 aliphatic heterocycles. The number of hydrogen-bond donors (Lipinski definition) is 1. The summed E-state index contributed by atoms with van der Waals surface area (Å²) in [7, 11) is 0. The molecular weight excluding hydrogens is 166 g/mol. The van der Waals surface area contributed by atoms with E-state index in [1.54, 1.807) is 12.4 Å². The van der Waals surface area contributed by atoms with Gasteiger partial charge in [-0.3, -0.25) is 0 Å². The van der Waals surface area contributed by atoms with Crippen LogP contribution < -0.4 is 10.1 Å². The minimum atomic E-state index is 0.338. The second kappa shape index (κ2) is 4.18. The van der Waals surface area contributed by atoms with E-state index < -0.39 is 0 Å². The van der Waals surface area contributed by atoms with Crippen molar-refractivity contribution in [3.8, 4) is 5.75 Å². The van der Waals surface area contributed by atoms with Crippen LogP contribution in [0.2, 0.25) is 0 Å². The first-order valence-corrected chi connectivity index (χ1v) is 4.59. The molecule has 1 aliphatic rings. The third kappa shape index (κ3) is 2.39. The molecule has 4 heteroatoms. The largest absolute Gasteiger partial charge is 0.489 e. The van der Waals surface area contributed by atoms with Crippen molar-refractivity contribution in [2.45, 2.75) is 18.9 Å². The molecule has 1 aromatic rings. The summed E-state index contributed by atoms with van der Waals surface area (Å²) in [5, 5.41) is 10.7. The molecule has 1 N–H and O–H groups in total. The quantitative estimate of drug-likeness (QED) is 0.722. The lowest BCUT2D eigenvalue weighted by atomic mass is 10.1. The normalized spacial score (nSPS) is 18.5. The summed E-state index contributed by atoms with van der Waals surface area (Å²) in [5.41, 5.74) is 0. The zero-order chi connectivity index (χ0) is 8.93. The average Bonchev–Trinajstić information content (AvgIpc) is 2.21. The smallest absolute Gasteiger partial charge is 0.141 e. The number of nitrogens with one attached hydrogen (secondary N) is 1. The lowest BCUT2D eigenvalue weighted by Gasteiger charge is -2.23. The van der Waals surface area contributed by atoms with Gasteiger partial charge in [-0.25, -0.2) is 0 Å². The maximum Gasteiger partial charge on any atom is 0.141 e. The molecule has 0 unspecified atom stereocenters. The van der Waals surface area contributed by atoms with E-state index in [4.69, 9.17) is 4.74 Å². The van der Waals surface area contributed by atoms with Crippen LogP contribution in [-0.2, 0) is 0 Å². The average molecular weight is 179 g/mol. The van der Waals surface area contributed by atoms with Gasteiger partial charge in [-0.05, 0) is 25.9 Å². The van der Waals surface area contributed by atoms with Gasteiger partial charge in [0.2, 0.25) is 0 Å². The maximum atomic E-state index is 5.71. The highest BCUT2D eigenvalue weighted by Gasteiger charge is 2.13. The molecule has 1 saturated heterocycles. The van der Waals surface area contributed by atoms with Crippen molar-refractivity contribution in [3.05, 3.63) is 18.5 Å². The van der Waals surface area contributed by atoms with Crippen LogP contribution >= 0.6 is 0 Å². The Hall–Kier alpha value is -1.16. The summed E-state index contributed by atoms with van der Waals surface area (Å²) in [6.45, 7) is 2.09. The maximum absolute atomic E-state index is 5.71. The van der Waals surface area contributed by atoms with Crippen LogP contribution in [0, 0.1) is 0 Å². The van der Waals surface area contributed by atoms with E-state index in [1.165, 1.54) is 0 Å². The highest BCUT2D eigenvalue weighted by Crippen LogP contribution is 2.13. The van der Waals surface area contributed by atoms with E-state index in [0.29, 0.717) is 6.10 Å². The van der Waals surface area contributed by atoms with Crippen LogP contribution in [-0.4, -0.2) is 29.4 Å². The van der Waals surface area contributed by atoms with Gasteiger partial charge in [0.05, 0.1) is 12.4 Å². The third-order valence-electron chi connectivity index (χ3n) is 2.15. The molecule has 0 amide bonds. The molecule has 1 fully saturated rings. The summed E-state index contributed by atoms with van der Waals surface area (Å²) < 4.78 is 5.71. The minimum absolute atomic E-state index is 0.338. The fraction of sp³-hybridized carbons (Fsp3) is 0.556. The van der Waals surface area contributed by atoms with Crippen molar-refractivity contribution in [1.29, 1.82) is 0 Å². The number of rotatable bonds is 2. The summed E-state index contributed by atoms with van der Waals surface area (Å²) in [4.78, 5) is 0. The van der Waals surface area contributed by atoms with Crippen molar-refractivity contribution in [2.24, 2.45) is 0 Å². The Morgan fingerprint density at radius 3 is 2.85 bits per heavy atom. The van der Waals surface area contributed by atoms with E-state index >= 15 is 0 Å². The first-order valence-electron chi connectivity index (χ1n) is 4.59. The van der Waals surface area contributed by atoms with Gasteiger partial charge in [-0.2, -0.15) is 10.2 Å². The Kier molecular flexibility index (Phi) is 2.72. The fourth-order valence-corrected chi connectivity index (χ4v) is 1.45. The third-order valence-corrected chi connectivity index (χ3v) is 2.15. The van der Waals surface area contributed by atoms with Gasteiger partial charge in [0.15, 0.2) is 0 Å². The second-order valence-corrected chi connectivity index (χ2v) is 3.15. The summed E-state index contributed by atoms with van der Waals surface area (Å²) in [6, 6.07) is 1.84. The van der Waals surface area contributed by atoms with Crippen LogP contribution in [0.25, 0.3) is 0 Å². The van der Waals surface area contributed by atoms with Crippen LogP contribution in [0.4, 0.5) is 0 Å². The van der Waals surface area contributed by atoms with Gasteiger partial charge in [-0.15, -0.1) is 0 Å². The van der Waals surface area contributed by atoms with Crippen LogP contribution in [0.5, 0.6) is 5.75 Å². The highest BCUT2D eigenvalue weighted by molar-refractivity contribution is 5.13. The van der Waals surface area contributed by atoms with Gasteiger partial charge >= 0.3 is 0 Å². The van der Waals surface area contributed by atoms with E-state index in [9.17, 15) is 0 Å². The van der Waals surface area contributed by atoms with Crippen LogP contribution in [0.15, 0.2) is 18.5 Å². The molecule has 0 radical (unpaired) electrons. The van der Waals surface area contributed by atoms with E-state index in [0.717, 1.165) is 31.7 Å². The Balaban J connectivity index is 1.90. The topological polar surface area (TPSA) is 47.0 Å².